The van der Waals surface area contributed by atoms with Crippen LogP contribution >= 0.6 is 0 Å². The van der Waals surface area contributed by atoms with Crippen molar-refractivity contribution in [3.63, 3.8) is 0 Å². The summed E-state index contributed by atoms with van der Waals surface area (Å²) in [5.41, 5.74) is 8.67. The van der Waals surface area contributed by atoms with Gasteiger partial charge < -0.3 is 10.5 Å². The van der Waals surface area contributed by atoms with Crippen molar-refractivity contribution in [2.24, 2.45) is 0 Å². The van der Waals surface area contributed by atoms with Crippen LogP contribution in [0.2, 0.25) is 0 Å². The summed E-state index contributed by atoms with van der Waals surface area (Å²) in [6, 6.07) is 5.63. The number of rotatable bonds is 6. The number of anilines is 1. The molecule has 1 fully saturated rings. The molecule has 3 N–H and O–H groups in total. The van der Waals surface area contributed by atoms with Crippen LogP contribution in [0.25, 0.3) is 11.4 Å². The lowest BCUT2D eigenvalue weighted by Crippen LogP contribution is -2.26. The number of nitrogen functional groups attached to an aromatic ring is 1. The van der Waals surface area contributed by atoms with Gasteiger partial charge >= 0.3 is 5.76 Å². The maximum atomic E-state index is 11.0. The minimum Gasteiger partial charge on any atom is -0.399 e. The molecular formula is C15H19N3O3. The van der Waals surface area contributed by atoms with E-state index in [1.807, 2.05) is 18.2 Å². The number of ether oxygens (including phenoxy) is 1. The highest BCUT2D eigenvalue weighted by Crippen LogP contribution is 2.23. The second-order valence-electron chi connectivity index (χ2n) is 5.38. The standard InChI is InChI=1S/C15H19N3O3/c16-13-6-5-11(14-17-15(19)21-18-14)9-10(13)3-1-2-4-12-7-8-20-12/h5-6,9,12H,1-4,7-8,16H2,(H,17,18,19)/t12-/m1/s1. The van der Waals surface area contributed by atoms with Gasteiger partial charge in [0, 0.05) is 17.9 Å². The van der Waals surface area contributed by atoms with E-state index < -0.39 is 5.76 Å². The Labute approximate surface area is 122 Å². The van der Waals surface area contributed by atoms with Crippen LogP contribution in [0.5, 0.6) is 0 Å². The topological polar surface area (TPSA) is 94.1 Å². The monoisotopic (exact) mass is 289 g/mol. The van der Waals surface area contributed by atoms with Gasteiger partial charge in [-0.3, -0.25) is 9.51 Å². The predicted octanol–water partition coefficient (Wildman–Crippen LogP) is 2.11. The molecular weight excluding hydrogens is 270 g/mol. The van der Waals surface area contributed by atoms with Crippen LogP contribution in [0.3, 0.4) is 0 Å². The average molecular weight is 289 g/mol. The lowest BCUT2D eigenvalue weighted by Gasteiger charge is -2.26. The number of benzene rings is 1. The molecule has 0 bridgehead atoms. The molecule has 1 aliphatic heterocycles. The zero-order valence-electron chi connectivity index (χ0n) is 11.8. The Hall–Kier alpha value is -2.08. The van der Waals surface area contributed by atoms with E-state index in [0.29, 0.717) is 11.9 Å². The van der Waals surface area contributed by atoms with E-state index in [-0.39, 0.29) is 0 Å². The number of aryl methyl sites for hydroxylation is 1. The maximum absolute atomic E-state index is 11.0. The van der Waals surface area contributed by atoms with Crippen molar-refractivity contribution in [1.29, 1.82) is 0 Å². The third kappa shape index (κ3) is 3.33. The van der Waals surface area contributed by atoms with Gasteiger partial charge in [-0.1, -0.05) is 11.6 Å². The molecule has 0 aliphatic carbocycles. The number of hydrogen-bond acceptors (Lipinski definition) is 5. The van der Waals surface area contributed by atoms with Crippen LogP contribution in [0.4, 0.5) is 5.69 Å². The summed E-state index contributed by atoms with van der Waals surface area (Å²) in [4.78, 5) is 13.5. The SMILES string of the molecule is Nc1ccc(-c2noc(=O)[nH]2)cc1CCCC[C@@H]1CCO1. The van der Waals surface area contributed by atoms with E-state index in [1.54, 1.807) is 0 Å². The van der Waals surface area contributed by atoms with Crippen molar-refractivity contribution in [3.05, 3.63) is 34.3 Å². The van der Waals surface area contributed by atoms with Crippen LogP contribution in [-0.2, 0) is 11.2 Å². The Morgan fingerprint density at radius 3 is 2.90 bits per heavy atom. The van der Waals surface area contributed by atoms with E-state index in [0.717, 1.165) is 49.1 Å². The quantitative estimate of drug-likeness (QED) is 0.627. The van der Waals surface area contributed by atoms with Gasteiger partial charge in [-0.2, -0.15) is 0 Å². The molecule has 0 amide bonds. The fourth-order valence-electron chi connectivity index (χ4n) is 2.52. The van der Waals surface area contributed by atoms with E-state index in [4.69, 9.17) is 10.5 Å². The predicted molar refractivity (Wildman–Crippen MR) is 78.9 cm³/mol. The molecule has 1 aromatic heterocycles. The summed E-state index contributed by atoms with van der Waals surface area (Å²) in [6.07, 6.45) is 5.90. The molecule has 1 aliphatic rings. The summed E-state index contributed by atoms with van der Waals surface area (Å²) in [7, 11) is 0. The molecule has 0 spiro atoms. The summed E-state index contributed by atoms with van der Waals surface area (Å²) in [6.45, 7) is 0.912. The smallest absolute Gasteiger partial charge is 0.399 e. The summed E-state index contributed by atoms with van der Waals surface area (Å²) in [5.74, 6) is -0.118. The zero-order valence-corrected chi connectivity index (χ0v) is 11.8. The summed E-state index contributed by atoms with van der Waals surface area (Å²) < 4.78 is 9.94. The molecule has 1 atom stereocenters. The van der Waals surface area contributed by atoms with E-state index in [2.05, 4.69) is 14.7 Å². The fraction of sp³-hybridized carbons (Fsp3) is 0.467. The Kier molecular flexibility index (Phi) is 4.06. The molecule has 2 aromatic rings. The fourth-order valence-corrected chi connectivity index (χ4v) is 2.52. The van der Waals surface area contributed by atoms with Crippen LogP contribution in [0.15, 0.2) is 27.5 Å². The number of aromatic nitrogens is 2. The van der Waals surface area contributed by atoms with Crippen molar-refractivity contribution in [3.8, 4) is 11.4 Å². The van der Waals surface area contributed by atoms with Gasteiger partial charge in [0.2, 0.25) is 0 Å². The van der Waals surface area contributed by atoms with Crippen molar-refractivity contribution in [2.75, 3.05) is 12.3 Å². The van der Waals surface area contributed by atoms with Gasteiger partial charge in [0.15, 0.2) is 5.82 Å². The number of hydrogen-bond donors (Lipinski definition) is 2. The van der Waals surface area contributed by atoms with Crippen molar-refractivity contribution >= 4 is 5.69 Å². The molecule has 21 heavy (non-hydrogen) atoms. The third-order valence-electron chi connectivity index (χ3n) is 3.87. The highest BCUT2D eigenvalue weighted by Gasteiger charge is 2.17. The number of nitrogens with zero attached hydrogens (tertiary/aromatic N) is 1. The molecule has 3 rings (SSSR count). The van der Waals surface area contributed by atoms with E-state index in [9.17, 15) is 4.79 Å². The molecule has 6 nitrogen and oxygen atoms in total. The molecule has 2 heterocycles. The Morgan fingerprint density at radius 2 is 2.24 bits per heavy atom. The highest BCUT2D eigenvalue weighted by molar-refractivity contribution is 5.61. The molecule has 0 radical (unpaired) electrons. The van der Waals surface area contributed by atoms with Crippen molar-refractivity contribution < 1.29 is 9.26 Å². The van der Waals surface area contributed by atoms with Gasteiger partial charge in [0.05, 0.1) is 6.10 Å². The minimum absolute atomic E-state index is 0.434. The zero-order chi connectivity index (χ0) is 14.7. The van der Waals surface area contributed by atoms with E-state index >= 15 is 0 Å². The normalized spacial score (nSPS) is 17.6. The van der Waals surface area contributed by atoms with Crippen LogP contribution < -0.4 is 11.5 Å². The number of aromatic amines is 1. The molecule has 0 unspecified atom stereocenters. The molecule has 1 saturated heterocycles. The van der Waals surface area contributed by atoms with Crippen molar-refractivity contribution in [1.82, 2.24) is 10.1 Å². The minimum atomic E-state index is -0.552. The first-order chi connectivity index (χ1) is 10.2. The first kappa shape index (κ1) is 13.9. The lowest BCUT2D eigenvalue weighted by molar-refractivity contribution is -0.0555. The maximum Gasteiger partial charge on any atom is 0.439 e. The number of nitrogens with two attached hydrogens (primary N) is 1. The second-order valence-corrected chi connectivity index (χ2v) is 5.38. The first-order valence-corrected chi connectivity index (χ1v) is 7.29. The van der Waals surface area contributed by atoms with Crippen LogP contribution in [0.1, 0.15) is 31.2 Å². The molecule has 6 heteroatoms. The largest absolute Gasteiger partial charge is 0.439 e. The Bertz CT molecular complexity index is 658. The van der Waals surface area contributed by atoms with Gasteiger partial charge in [-0.15, -0.1) is 0 Å². The van der Waals surface area contributed by atoms with Gasteiger partial charge in [0.1, 0.15) is 0 Å². The van der Waals surface area contributed by atoms with Crippen LogP contribution in [-0.4, -0.2) is 22.9 Å². The van der Waals surface area contributed by atoms with Gasteiger partial charge in [-0.25, -0.2) is 4.79 Å². The lowest BCUT2D eigenvalue weighted by atomic mass is 10.00. The second kappa shape index (κ2) is 6.13. The summed E-state index contributed by atoms with van der Waals surface area (Å²) >= 11 is 0. The number of nitrogens with one attached hydrogen (secondary N) is 1. The number of H-pyrrole nitrogens is 1. The molecule has 1 aromatic carbocycles. The first-order valence-electron chi connectivity index (χ1n) is 7.29. The number of unbranched alkanes of at least 4 members (excludes halogenated alkanes) is 1. The third-order valence-corrected chi connectivity index (χ3v) is 3.87. The van der Waals surface area contributed by atoms with Gasteiger partial charge in [-0.05, 0) is 49.4 Å². The van der Waals surface area contributed by atoms with Crippen LogP contribution in [0, 0.1) is 0 Å². The van der Waals surface area contributed by atoms with E-state index in [1.165, 1.54) is 6.42 Å². The highest BCUT2D eigenvalue weighted by atomic mass is 16.5. The van der Waals surface area contributed by atoms with Gasteiger partial charge in [0.25, 0.3) is 0 Å². The molecule has 112 valence electrons. The van der Waals surface area contributed by atoms with Crippen molar-refractivity contribution in [2.45, 2.75) is 38.2 Å². The average Bonchev–Trinajstić information content (AvgIpc) is 2.85. The summed E-state index contributed by atoms with van der Waals surface area (Å²) in [5, 5.41) is 3.69. The Balaban J connectivity index is 1.62. The molecule has 0 saturated carbocycles. The Morgan fingerprint density at radius 1 is 1.38 bits per heavy atom.